The second kappa shape index (κ2) is 3.66. The van der Waals surface area contributed by atoms with Gasteiger partial charge in [-0.1, -0.05) is 12.2 Å². The molecular formula is C8H10N2O2S. The van der Waals surface area contributed by atoms with Gasteiger partial charge in [0, 0.05) is 24.2 Å². The summed E-state index contributed by atoms with van der Waals surface area (Å²) in [6.07, 6.45) is 7.66. The van der Waals surface area contributed by atoms with Gasteiger partial charge in [0.25, 0.3) is 0 Å². The Balaban J connectivity index is 3.08. The van der Waals surface area contributed by atoms with Crippen LogP contribution >= 0.6 is 0 Å². The first-order valence-electron chi connectivity index (χ1n) is 3.69. The monoisotopic (exact) mass is 198 g/mol. The fraction of sp³-hybridized carbons (Fsp3) is 0.250. The number of hydrogen-bond donors (Lipinski definition) is 0. The Kier molecular flexibility index (Phi) is 2.77. The minimum absolute atomic E-state index is 0.138. The molecule has 70 valence electrons. The van der Waals surface area contributed by atoms with E-state index in [1.165, 1.54) is 12.4 Å². The van der Waals surface area contributed by atoms with Crippen LogP contribution in [0.25, 0.3) is 6.08 Å². The van der Waals surface area contributed by atoms with Gasteiger partial charge in [-0.15, -0.1) is 0 Å². The third-order valence-corrected chi connectivity index (χ3v) is 2.21. The first-order valence-corrected chi connectivity index (χ1v) is 5.58. The van der Waals surface area contributed by atoms with Crippen molar-refractivity contribution in [3.8, 4) is 0 Å². The highest BCUT2D eigenvalue weighted by atomic mass is 32.2. The first-order chi connectivity index (χ1) is 6.04. The average Bonchev–Trinajstić information content (AvgIpc) is 2.04. The molecule has 0 aromatic carbocycles. The summed E-state index contributed by atoms with van der Waals surface area (Å²) in [6.45, 7) is 1.87. The summed E-state index contributed by atoms with van der Waals surface area (Å²) in [5.74, 6) is 0. The summed E-state index contributed by atoms with van der Waals surface area (Å²) in [7, 11) is -3.28. The third kappa shape index (κ3) is 2.62. The molecular weight excluding hydrogens is 188 g/mol. The summed E-state index contributed by atoms with van der Waals surface area (Å²) >= 11 is 0. The van der Waals surface area contributed by atoms with Gasteiger partial charge in [-0.2, -0.15) is 0 Å². The van der Waals surface area contributed by atoms with E-state index in [2.05, 4.69) is 9.97 Å². The molecule has 4 nitrogen and oxygen atoms in total. The molecule has 13 heavy (non-hydrogen) atoms. The van der Waals surface area contributed by atoms with E-state index in [1.807, 2.05) is 13.0 Å². The molecule has 0 aliphatic heterocycles. The van der Waals surface area contributed by atoms with Gasteiger partial charge in [0.05, 0.1) is 0 Å². The molecule has 0 saturated heterocycles. The molecule has 0 N–H and O–H groups in total. The van der Waals surface area contributed by atoms with Crippen LogP contribution in [0.4, 0.5) is 0 Å². The SMILES string of the molecule is CC=Cc1cnc(S(C)(=O)=O)nc1. The van der Waals surface area contributed by atoms with Gasteiger partial charge in [-0.3, -0.25) is 0 Å². The van der Waals surface area contributed by atoms with E-state index in [0.717, 1.165) is 11.8 Å². The molecule has 1 aromatic rings. The van der Waals surface area contributed by atoms with Crippen LogP contribution in [-0.2, 0) is 9.84 Å². The van der Waals surface area contributed by atoms with Gasteiger partial charge in [0.15, 0.2) is 0 Å². The summed E-state index contributed by atoms with van der Waals surface area (Å²) in [5.41, 5.74) is 0.787. The number of aromatic nitrogens is 2. The van der Waals surface area contributed by atoms with E-state index in [4.69, 9.17) is 0 Å². The van der Waals surface area contributed by atoms with Crippen LogP contribution in [0.1, 0.15) is 12.5 Å². The van der Waals surface area contributed by atoms with Crippen molar-refractivity contribution in [1.29, 1.82) is 0 Å². The highest BCUT2D eigenvalue weighted by molar-refractivity contribution is 7.90. The molecule has 0 fully saturated rings. The Hall–Kier alpha value is -1.23. The smallest absolute Gasteiger partial charge is 0.226 e. The highest BCUT2D eigenvalue weighted by Gasteiger charge is 2.08. The van der Waals surface area contributed by atoms with Crippen LogP contribution in [0.5, 0.6) is 0 Å². The van der Waals surface area contributed by atoms with Crippen molar-refractivity contribution in [3.05, 3.63) is 24.0 Å². The van der Waals surface area contributed by atoms with Gasteiger partial charge < -0.3 is 0 Å². The minimum Gasteiger partial charge on any atom is -0.226 e. The normalized spacial score (nSPS) is 12.2. The second-order valence-corrected chi connectivity index (χ2v) is 4.48. The molecule has 0 saturated carbocycles. The predicted molar refractivity (Wildman–Crippen MR) is 49.8 cm³/mol. The van der Waals surface area contributed by atoms with Crippen molar-refractivity contribution in [2.75, 3.05) is 6.26 Å². The Morgan fingerprint density at radius 1 is 1.31 bits per heavy atom. The van der Waals surface area contributed by atoms with Crippen molar-refractivity contribution in [1.82, 2.24) is 9.97 Å². The van der Waals surface area contributed by atoms with Gasteiger partial charge in [0.1, 0.15) is 0 Å². The molecule has 1 aromatic heterocycles. The maximum atomic E-state index is 11.0. The topological polar surface area (TPSA) is 59.9 Å². The molecule has 1 heterocycles. The Bertz CT molecular complexity index is 406. The van der Waals surface area contributed by atoms with Crippen molar-refractivity contribution in [2.45, 2.75) is 12.1 Å². The van der Waals surface area contributed by atoms with Crippen molar-refractivity contribution in [2.24, 2.45) is 0 Å². The van der Waals surface area contributed by atoms with Crippen molar-refractivity contribution in [3.63, 3.8) is 0 Å². The zero-order chi connectivity index (χ0) is 9.90. The molecule has 0 bridgehead atoms. The number of sulfone groups is 1. The number of rotatable bonds is 2. The highest BCUT2D eigenvalue weighted by Crippen LogP contribution is 2.03. The van der Waals surface area contributed by atoms with E-state index in [-0.39, 0.29) is 5.16 Å². The zero-order valence-electron chi connectivity index (χ0n) is 7.43. The molecule has 0 amide bonds. The van der Waals surface area contributed by atoms with Crippen LogP contribution in [0, 0.1) is 0 Å². The molecule has 0 unspecified atom stereocenters. The van der Waals surface area contributed by atoms with Gasteiger partial charge >= 0.3 is 0 Å². The summed E-state index contributed by atoms with van der Waals surface area (Å²) in [6, 6.07) is 0. The van der Waals surface area contributed by atoms with E-state index in [9.17, 15) is 8.42 Å². The van der Waals surface area contributed by atoms with Gasteiger partial charge in [-0.25, -0.2) is 18.4 Å². The summed E-state index contributed by atoms with van der Waals surface area (Å²) in [5, 5.41) is -0.138. The maximum absolute atomic E-state index is 11.0. The quantitative estimate of drug-likeness (QED) is 0.663. The minimum atomic E-state index is -3.28. The summed E-state index contributed by atoms with van der Waals surface area (Å²) in [4.78, 5) is 7.44. The van der Waals surface area contributed by atoms with Gasteiger partial charge in [0.2, 0.25) is 15.0 Å². The Morgan fingerprint density at radius 3 is 2.23 bits per heavy atom. The van der Waals surface area contributed by atoms with E-state index >= 15 is 0 Å². The lowest BCUT2D eigenvalue weighted by Gasteiger charge is -1.95. The molecule has 0 atom stereocenters. The molecule has 1 rings (SSSR count). The lowest BCUT2D eigenvalue weighted by Crippen LogP contribution is -2.03. The van der Waals surface area contributed by atoms with Gasteiger partial charge in [-0.05, 0) is 6.92 Å². The van der Waals surface area contributed by atoms with Crippen LogP contribution in [0.3, 0.4) is 0 Å². The molecule has 0 radical (unpaired) electrons. The number of hydrogen-bond acceptors (Lipinski definition) is 4. The van der Waals surface area contributed by atoms with Crippen LogP contribution < -0.4 is 0 Å². The largest absolute Gasteiger partial charge is 0.246 e. The van der Waals surface area contributed by atoms with E-state index < -0.39 is 9.84 Å². The summed E-state index contributed by atoms with van der Waals surface area (Å²) < 4.78 is 21.9. The number of nitrogens with zero attached hydrogens (tertiary/aromatic N) is 2. The van der Waals surface area contributed by atoms with Crippen molar-refractivity contribution >= 4 is 15.9 Å². The lowest BCUT2D eigenvalue weighted by molar-refractivity contribution is 0.593. The van der Waals surface area contributed by atoms with E-state index in [1.54, 1.807) is 6.08 Å². The molecule has 0 aliphatic rings. The zero-order valence-corrected chi connectivity index (χ0v) is 8.25. The third-order valence-electron chi connectivity index (χ3n) is 1.34. The Labute approximate surface area is 77.3 Å². The average molecular weight is 198 g/mol. The van der Waals surface area contributed by atoms with Crippen LogP contribution in [0.15, 0.2) is 23.6 Å². The molecule has 0 aliphatic carbocycles. The lowest BCUT2D eigenvalue weighted by atomic mass is 10.3. The van der Waals surface area contributed by atoms with Crippen molar-refractivity contribution < 1.29 is 8.42 Å². The molecule has 5 heteroatoms. The number of allylic oxidation sites excluding steroid dienone is 1. The first kappa shape index (κ1) is 9.85. The van der Waals surface area contributed by atoms with Crippen LogP contribution in [0.2, 0.25) is 0 Å². The standard InChI is InChI=1S/C8H10N2O2S/c1-3-4-7-5-9-8(10-6-7)13(2,11)12/h3-6H,1-2H3. The Morgan fingerprint density at radius 2 is 1.85 bits per heavy atom. The maximum Gasteiger partial charge on any atom is 0.246 e. The van der Waals surface area contributed by atoms with E-state index in [0.29, 0.717) is 0 Å². The fourth-order valence-corrected chi connectivity index (χ4v) is 1.28. The predicted octanol–water partition coefficient (Wildman–Crippen LogP) is 0.913. The second-order valence-electron chi connectivity index (χ2n) is 2.57. The van der Waals surface area contributed by atoms with Crippen LogP contribution in [-0.4, -0.2) is 24.6 Å². The molecule has 0 spiro atoms. The fourth-order valence-electron chi connectivity index (χ4n) is 0.796.